The van der Waals surface area contributed by atoms with E-state index >= 15 is 0 Å². The zero-order valence-electron chi connectivity index (χ0n) is 12.5. The molecule has 0 spiro atoms. The van der Waals surface area contributed by atoms with Gasteiger partial charge in [0.25, 0.3) is 5.91 Å². The van der Waals surface area contributed by atoms with Gasteiger partial charge in [0.2, 0.25) is 0 Å². The summed E-state index contributed by atoms with van der Waals surface area (Å²) in [7, 11) is 0. The molecule has 1 aliphatic rings. The predicted molar refractivity (Wildman–Crippen MR) is 87.2 cm³/mol. The average Bonchev–Trinajstić information content (AvgIpc) is 2.46. The summed E-state index contributed by atoms with van der Waals surface area (Å²) in [5.74, 6) is 0.534. The Balaban J connectivity index is 1.99. The van der Waals surface area contributed by atoms with Crippen molar-refractivity contribution in [2.24, 2.45) is 5.92 Å². The van der Waals surface area contributed by atoms with E-state index in [0.29, 0.717) is 16.5 Å². The van der Waals surface area contributed by atoms with Crippen molar-refractivity contribution < 1.29 is 4.79 Å². The van der Waals surface area contributed by atoms with Gasteiger partial charge in [0.1, 0.15) is 0 Å². The molecule has 1 saturated carbocycles. The molecule has 0 heterocycles. The molecule has 1 amide bonds. The highest BCUT2D eigenvalue weighted by molar-refractivity contribution is 6.30. The molecule has 4 heteroatoms. The normalized spacial score (nSPS) is 25.3. The van der Waals surface area contributed by atoms with Crippen LogP contribution in [0.25, 0.3) is 0 Å². The maximum Gasteiger partial charge on any atom is 0.265 e. The van der Waals surface area contributed by atoms with E-state index in [1.807, 2.05) is 6.08 Å². The molecule has 0 bridgehead atoms. The number of carbonyl (C=O) groups is 1. The molecule has 0 aromatic heterocycles. The second-order valence-electron chi connectivity index (χ2n) is 6.06. The summed E-state index contributed by atoms with van der Waals surface area (Å²) < 4.78 is 0. The first-order valence-corrected chi connectivity index (χ1v) is 7.86. The highest BCUT2D eigenvalue weighted by Gasteiger charge is 2.34. The number of hydrazine groups is 1. The Kier molecular flexibility index (Phi) is 5.43. The van der Waals surface area contributed by atoms with Crippen LogP contribution in [0, 0.1) is 5.92 Å². The van der Waals surface area contributed by atoms with E-state index in [2.05, 4.69) is 24.4 Å². The van der Waals surface area contributed by atoms with Crippen LogP contribution in [0.15, 0.2) is 36.9 Å². The number of carbonyl (C=O) groups excluding carboxylic acids is 1. The molecular weight excluding hydrogens is 284 g/mol. The Bertz CT molecular complexity index is 500. The van der Waals surface area contributed by atoms with Crippen LogP contribution >= 0.6 is 11.6 Å². The second kappa shape index (κ2) is 7.10. The minimum Gasteiger partial charge on any atom is -0.287 e. The zero-order valence-corrected chi connectivity index (χ0v) is 13.2. The Morgan fingerprint density at radius 3 is 2.81 bits per heavy atom. The van der Waals surface area contributed by atoms with Crippen LogP contribution in [0.5, 0.6) is 0 Å². The monoisotopic (exact) mass is 306 g/mol. The van der Waals surface area contributed by atoms with E-state index in [9.17, 15) is 4.79 Å². The van der Waals surface area contributed by atoms with E-state index in [1.54, 1.807) is 24.3 Å². The first-order valence-electron chi connectivity index (χ1n) is 7.49. The van der Waals surface area contributed by atoms with Crippen molar-refractivity contribution in [3.05, 3.63) is 47.5 Å². The lowest BCUT2D eigenvalue weighted by Crippen LogP contribution is -2.56. The van der Waals surface area contributed by atoms with Gasteiger partial charge in [-0.2, -0.15) is 0 Å². The third-order valence-electron chi connectivity index (χ3n) is 4.17. The van der Waals surface area contributed by atoms with Crippen LogP contribution in [0.3, 0.4) is 0 Å². The zero-order chi connectivity index (χ0) is 15.3. The summed E-state index contributed by atoms with van der Waals surface area (Å²) in [4.78, 5) is 12.2. The number of hydrogen-bond acceptors (Lipinski definition) is 2. The Morgan fingerprint density at radius 1 is 1.48 bits per heavy atom. The van der Waals surface area contributed by atoms with Gasteiger partial charge in [0.15, 0.2) is 0 Å². The van der Waals surface area contributed by atoms with Crippen LogP contribution in [0.1, 0.15) is 49.4 Å². The quantitative estimate of drug-likeness (QED) is 0.635. The van der Waals surface area contributed by atoms with Gasteiger partial charge in [-0.05, 0) is 49.4 Å². The van der Waals surface area contributed by atoms with Gasteiger partial charge in [-0.15, -0.1) is 6.58 Å². The van der Waals surface area contributed by atoms with Crippen molar-refractivity contribution >= 4 is 17.5 Å². The molecule has 114 valence electrons. The minimum absolute atomic E-state index is 0.0680. The molecule has 1 aromatic carbocycles. The number of amides is 1. The maximum absolute atomic E-state index is 12.2. The lowest BCUT2D eigenvalue weighted by atomic mass is 9.75. The SMILES string of the molecule is C=CCC1(NNC(=O)c2ccc(Cl)cc2)CCCC(C)C1. The van der Waals surface area contributed by atoms with Crippen molar-refractivity contribution in [2.45, 2.75) is 44.6 Å². The fourth-order valence-corrected chi connectivity index (χ4v) is 3.28. The second-order valence-corrected chi connectivity index (χ2v) is 6.50. The number of halogens is 1. The van der Waals surface area contributed by atoms with Gasteiger partial charge in [0, 0.05) is 16.1 Å². The first-order chi connectivity index (χ1) is 10.0. The van der Waals surface area contributed by atoms with Gasteiger partial charge >= 0.3 is 0 Å². The van der Waals surface area contributed by atoms with Crippen molar-refractivity contribution in [2.75, 3.05) is 0 Å². The standard InChI is InChI=1S/C17H23ClN2O/c1-3-10-17(11-4-5-13(2)12-17)20-19-16(21)14-6-8-15(18)9-7-14/h3,6-9,13,20H,1,4-5,10-12H2,2H3,(H,19,21). The summed E-state index contributed by atoms with van der Waals surface area (Å²) >= 11 is 5.84. The third kappa shape index (κ3) is 4.32. The molecule has 1 aliphatic carbocycles. The topological polar surface area (TPSA) is 41.1 Å². The van der Waals surface area contributed by atoms with E-state index in [1.165, 1.54) is 12.8 Å². The van der Waals surface area contributed by atoms with Crippen molar-refractivity contribution in [3.8, 4) is 0 Å². The predicted octanol–water partition coefficient (Wildman–Crippen LogP) is 4.10. The van der Waals surface area contributed by atoms with Gasteiger partial charge < -0.3 is 0 Å². The van der Waals surface area contributed by atoms with Gasteiger partial charge in [0.05, 0.1) is 0 Å². The molecule has 0 aliphatic heterocycles. The fourth-order valence-electron chi connectivity index (χ4n) is 3.15. The Morgan fingerprint density at radius 2 is 2.19 bits per heavy atom. The smallest absolute Gasteiger partial charge is 0.265 e. The molecule has 2 atom stereocenters. The summed E-state index contributed by atoms with van der Waals surface area (Å²) in [6.07, 6.45) is 7.34. The number of benzene rings is 1. The molecule has 1 fully saturated rings. The molecule has 0 radical (unpaired) electrons. The van der Waals surface area contributed by atoms with Crippen molar-refractivity contribution in [1.29, 1.82) is 0 Å². The lowest BCUT2D eigenvalue weighted by Gasteiger charge is -2.40. The Labute approximate surface area is 131 Å². The van der Waals surface area contributed by atoms with E-state index in [4.69, 9.17) is 11.6 Å². The Hall–Kier alpha value is -1.32. The summed E-state index contributed by atoms with van der Waals surface area (Å²) in [5, 5.41) is 0.628. The van der Waals surface area contributed by atoms with Crippen molar-refractivity contribution in [1.82, 2.24) is 10.9 Å². The minimum atomic E-state index is -0.131. The van der Waals surface area contributed by atoms with E-state index < -0.39 is 0 Å². The largest absolute Gasteiger partial charge is 0.287 e. The van der Waals surface area contributed by atoms with Crippen LogP contribution in [-0.2, 0) is 0 Å². The first kappa shape index (κ1) is 16.1. The molecule has 2 N–H and O–H groups in total. The number of rotatable bonds is 5. The van der Waals surface area contributed by atoms with Gasteiger partial charge in [-0.3, -0.25) is 10.2 Å². The van der Waals surface area contributed by atoms with E-state index in [0.717, 1.165) is 19.3 Å². The van der Waals surface area contributed by atoms with Crippen LogP contribution in [-0.4, -0.2) is 11.4 Å². The average molecular weight is 307 g/mol. The lowest BCUT2D eigenvalue weighted by molar-refractivity contribution is 0.0866. The van der Waals surface area contributed by atoms with Crippen LogP contribution in [0.4, 0.5) is 0 Å². The summed E-state index contributed by atoms with van der Waals surface area (Å²) in [6.45, 7) is 6.12. The molecule has 21 heavy (non-hydrogen) atoms. The molecule has 3 nitrogen and oxygen atoms in total. The molecule has 2 rings (SSSR count). The summed E-state index contributed by atoms with van der Waals surface area (Å²) in [5.41, 5.74) is 6.66. The summed E-state index contributed by atoms with van der Waals surface area (Å²) in [6, 6.07) is 6.89. The number of nitrogens with one attached hydrogen (secondary N) is 2. The van der Waals surface area contributed by atoms with Gasteiger partial charge in [-0.1, -0.05) is 37.4 Å². The fraction of sp³-hybridized carbons (Fsp3) is 0.471. The van der Waals surface area contributed by atoms with E-state index in [-0.39, 0.29) is 11.4 Å². The molecule has 1 aromatic rings. The maximum atomic E-state index is 12.2. The van der Waals surface area contributed by atoms with Crippen molar-refractivity contribution in [3.63, 3.8) is 0 Å². The van der Waals surface area contributed by atoms with Crippen LogP contribution in [0.2, 0.25) is 5.02 Å². The number of hydrogen-bond donors (Lipinski definition) is 2. The third-order valence-corrected chi connectivity index (χ3v) is 4.43. The highest BCUT2D eigenvalue weighted by atomic mass is 35.5. The van der Waals surface area contributed by atoms with Gasteiger partial charge in [-0.25, -0.2) is 5.43 Å². The molecular formula is C17H23ClN2O. The molecule has 0 saturated heterocycles. The van der Waals surface area contributed by atoms with Crippen LogP contribution < -0.4 is 10.9 Å². The molecule has 2 unspecified atom stereocenters. The highest BCUT2D eigenvalue weighted by Crippen LogP contribution is 2.34.